The Morgan fingerprint density at radius 2 is 1.71 bits per heavy atom. The van der Waals surface area contributed by atoms with Crippen LogP contribution in [0, 0.1) is 11.6 Å². The minimum absolute atomic E-state index is 0.0174. The van der Waals surface area contributed by atoms with Crippen LogP contribution in [0.1, 0.15) is 22.4 Å². The largest absolute Gasteiger partial charge is 0.318 e. The number of hydrogen-bond acceptors (Lipinski definition) is 3. The van der Waals surface area contributed by atoms with Crippen molar-refractivity contribution in [2.45, 2.75) is 32.6 Å². The van der Waals surface area contributed by atoms with Gasteiger partial charge in [0.25, 0.3) is 5.56 Å². The van der Waals surface area contributed by atoms with E-state index < -0.39 is 11.6 Å². The number of benzene rings is 2. The zero-order chi connectivity index (χ0) is 22.0. The molecule has 1 N–H and O–H groups in total. The van der Waals surface area contributed by atoms with Crippen molar-refractivity contribution in [3.63, 3.8) is 0 Å². The van der Waals surface area contributed by atoms with Crippen molar-refractivity contribution < 1.29 is 8.78 Å². The molecule has 0 unspecified atom stereocenters. The summed E-state index contributed by atoms with van der Waals surface area (Å²) in [6, 6.07) is 11.0. The van der Waals surface area contributed by atoms with E-state index >= 15 is 0 Å². The summed E-state index contributed by atoms with van der Waals surface area (Å²) in [5.41, 5.74) is 3.34. The van der Waals surface area contributed by atoms with Crippen LogP contribution in [0.2, 0.25) is 5.02 Å². The predicted octanol–water partition coefficient (Wildman–Crippen LogP) is 3.41. The van der Waals surface area contributed by atoms with Gasteiger partial charge in [0, 0.05) is 49.4 Å². The van der Waals surface area contributed by atoms with Gasteiger partial charge in [-0.2, -0.15) is 0 Å². The molecule has 1 aliphatic heterocycles. The van der Waals surface area contributed by atoms with E-state index in [9.17, 15) is 13.6 Å². The maximum absolute atomic E-state index is 13.6. The van der Waals surface area contributed by atoms with Gasteiger partial charge in [-0.25, -0.2) is 13.5 Å². The Kier molecular flexibility index (Phi) is 6.55. The van der Waals surface area contributed by atoms with Gasteiger partial charge in [0.1, 0.15) is 11.6 Å². The SMILES string of the molecule is CNCCn1c2c(c(=O)n1Cc1ccc(Cl)cc1)CN(Cc1cc(F)cc(F)c1)CC2. The Morgan fingerprint density at radius 1 is 1.00 bits per heavy atom. The number of likely N-dealkylation sites (N-methyl/N-ethyl adjacent to an activating group) is 1. The van der Waals surface area contributed by atoms with Crippen LogP contribution in [0.3, 0.4) is 0 Å². The molecule has 3 aromatic rings. The molecule has 5 nitrogen and oxygen atoms in total. The summed E-state index contributed by atoms with van der Waals surface area (Å²) in [6.07, 6.45) is 0.708. The van der Waals surface area contributed by atoms with Crippen molar-refractivity contribution in [1.82, 2.24) is 19.6 Å². The van der Waals surface area contributed by atoms with Crippen LogP contribution in [-0.2, 0) is 32.6 Å². The standard InChI is InChI=1S/C23H25ClF2N4O/c1-27-7-9-29-22-6-8-28(13-17-10-19(25)12-20(26)11-17)15-21(22)23(31)30(29)14-16-2-4-18(24)5-3-16/h2-5,10-12,27H,6-9,13-15H2,1H3. The summed E-state index contributed by atoms with van der Waals surface area (Å²) < 4.78 is 31.0. The summed E-state index contributed by atoms with van der Waals surface area (Å²) in [4.78, 5) is 15.4. The van der Waals surface area contributed by atoms with Crippen LogP contribution < -0.4 is 10.9 Å². The normalized spacial score (nSPS) is 14.1. The highest BCUT2D eigenvalue weighted by molar-refractivity contribution is 6.30. The van der Waals surface area contributed by atoms with Crippen LogP contribution in [0.25, 0.3) is 0 Å². The first-order valence-corrected chi connectivity index (χ1v) is 10.7. The molecule has 4 rings (SSSR count). The van der Waals surface area contributed by atoms with E-state index in [4.69, 9.17) is 11.6 Å². The third-order valence-electron chi connectivity index (χ3n) is 5.64. The molecular weight excluding hydrogens is 422 g/mol. The van der Waals surface area contributed by atoms with Crippen molar-refractivity contribution in [2.75, 3.05) is 20.1 Å². The number of rotatable bonds is 7. The van der Waals surface area contributed by atoms with Crippen LogP contribution in [0.5, 0.6) is 0 Å². The lowest BCUT2D eigenvalue weighted by atomic mass is 10.1. The highest BCUT2D eigenvalue weighted by Gasteiger charge is 2.26. The summed E-state index contributed by atoms with van der Waals surface area (Å²) >= 11 is 6.00. The number of hydrogen-bond donors (Lipinski definition) is 1. The van der Waals surface area contributed by atoms with Crippen LogP contribution >= 0.6 is 11.6 Å². The first kappa shape index (κ1) is 21.7. The molecule has 0 saturated heterocycles. The fourth-order valence-corrected chi connectivity index (χ4v) is 4.31. The van der Waals surface area contributed by atoms with Gasteiger partial charge < -0.3 is 5.32 Å². The topological polar surface area (TPSA) is 42.2 Å². The van der Waals surface area contributed by atoms with E-state index in [1.807, 2.05) is 31.3 Å². The van der Waals surface area contributed by atoms with E-state index in [1.165, 1.54) is 12.1 Å². The lowest BCUT2D eigenvalue weighted by Crippen LogP contribution is -2.32. The molecule has 0 radical (unpaired) electrons. The second-order valence-electron chi connectivity index (χ2n) is 7.88. The summed E-state index contributed by atoms with van der Waals surface area (Å²) in [5, 5.41) is 3.81. The van der Waals surface area contributed by atoms with E-state index in [1.54, 1.807) is 4.68 Å². The summed E-state index contributed by atoms with van der Waals surface area (Å²) in [6.45, 7) is 3.46. The van der Waals surface area contributed by atoms with Gasteiger partial charge in [0.2, 0.25) is 0 Å². The smallest absolute Gasteiger partial charge is 0.271 e. The fourth-order valence-electron chi connectivity index (χ4n) is 4.18. The highest BCUT2D eigenvalue weighted by Crippen LogP contribution is 2.21. The average molecular weight is 447 g/mol. The lowest BCUT2D eigenvalue weighted by molar-refractivity contribution is 0.240. The second kappa shape index (κ2) is 9.34. The molecule has 8 heteroatoms. The van der Waals surface area contributed by atoms with Crippen molar-refractivity contribution in [1.29, 1.82) is 0 Å². The maximum atomic E-state index is 13.6. The third-order valence-corrected chi connectivity index (χ3v) is 5.89. The third kappa shape index (κ3) is 4.89. The Balaban J connectivity index is 1.62. The second-order valence-corrected chi connectivity index (χ2v) is 8.32. The average Bonchev–Trinajstić information content (AvgIpc) is 2.98. The van der Waals surface area contributed by atoms with Gasteiger partial charge in [-0.15, -0.1) is 0 Å². The summed E-state index contributed by atoms with van der Waals surface area (Å²) in [5.74, 6) is -1.17. The highest BCUT2D eigenvalue weighted by atomic mass is 35.5. The van der Waals surface area contributed by atoms with Gasteiger partial charge in [0.15, 0.2) is 0 Å². The number of nitrogens with one attached hydrogen (secondary N) is 1. The predicted molar refractivity (Wildman–Crippen MR) is 117 cm³/mol. The van der Waals surface area contributed by atoms with Gasteiger partial charge in [-0.1, -0.05) is 23.7 Å². The molecule has 0 bridgehead atoms. The molecule has 31 heavy (non-hydrogen) atoms. The minimum Gasteiger partial charge on any atom is -0.318 e. The van der Waals surface area contributed by atoms with Crippen LogP contribution in [0.15, 0.2) is 47.3 Å². The molecule has 0 fully saturated rings. The molecule has 1 aromatic heterocycles. The van der Waals surface area contributed by atoms with Crippen molar-refractivity contribution in [3.8, 4) is 0 Å². The van der Waals surface area contributed by atoms with Crippen molar-refractivity contribution in [3.05, 3.63) is 91.9 Å². The first-order chi connectivity index (χ1) is 14.9. The Hall–Kier alpha value is -2.48. The minimum atomic E-state index is -0.587. The monoisotopic (exact) mass is 446 g/mol. The molecule has 0 spiro atoms. The molecule has 2 aromatic carbocycles. The maximum Gasteiger partial charge on any atom is 0.271 e. The van der Waals surface area contributed by atoms with Crippen LogP contribution in [0.4, 0.5) is 8.78 Å². The van der Waals surface area contributed by atoms with Gasteiger partial charge in [-0.3, -0.25) is 14.4 Å². The van der Waals surface area contributed by atoms with Crippen molar-refractivity contribution in [2.24, 2.45) is 0 Å². The molecule has 1 aliphatic rings. The quantitative estimate of drug-likeness (QED) is 0.605. The molecule has 0 amide bonds. The molecule has 0 saturated carbocycles. The van der Waals surface area contributed by atoms with E-state index in [0.29, 0.717) is 43.2 Å². The van der Waals surface area contributed by atoms with Gasteiger partial charge in [0.05, 0.1) is 18.7 Å². The molecule has 0 aliphatic carbocycles. The number of halogens is 3. The van der Waals surface area contributed by atoms with Gasteiger partial charge >= 0.3 is 0 Å². The van der Waals surface area contributed by atoms with Crippen LogP contribution in [-0.4, -0.2) is 34.4 Å². The number of fused-ring (bicyclic) bond motifs is 1. The fraction of sp³-hybridized carbons (Fsp3) is 0.348. The Bertz CT molecular complexity index is 1100. The van der Waals surface area contributed by atoms with Gasteiger partial charge in [-0.05, 0) is 42.4 Å². The molecule has 164 valence electrons. The zero-order valence-electron chi connectivity index (χ0n) is 17.4. The lowest BCUT2D eigenvalue weighted by Gasteiger charge is -2.27. The zero-order valence-corrected chi connectivity index (χ0v) is 18.1. The van der Waals surface area contributed by atoms with E-state index in [0.717, 1.165) is 36.0 Å². The first-order valence-electron chi connectivity index (χ1n) is 10.3. The van der Waals surface area contributed by atoms with Crippen molar-refractivity contribution >= 4 is 11.6 Å². The number of aromatic nitrogens is 2. The number of nitrogens with zero attached hydrogens (tertiary/aromatic N) is 3. The molecule has 0 atom stereocenters. The van der Waals surface area contributed by atoms with E-state index in [-0.39, 0.29) is 5.56 Å². The molecule has 2 heterocycles. The summed E-state index contributed by atoms with van der Waals surface area (Å²) in [7, 11) is 1.89. The Labute approximate surface area is 184 Å². The Morgan fingerprint density at radius 3 is 2.39 bits per heavy atom. The molecular formula is C23H25ClF2N4O. The van der Waals surface area contributed by atoms with E-state index in [2.05, 4.69) is 14.9 Å².